The van der Waals surface area contributed by atoms with Crippen molar-refractivity contribution >= 4 is 28.7 Å². The van der Waals surface area contributed by atoms with Crippen LogP contribution in [-0.4, -0.2) is 54.8 Å². The lowest BCUT2D eigenvalue weighted by atomic mass is 10.1. The highest BCUT2D eigenvalue weighted by molar-refractivity contribution is 5.88. The Balaban J connectivity index is 1.53. The average Bonchev–Trinajstić information content (AvgIpc) is 3.14. The van der Waals surface area contributed by atoms with Crippen LogP contribution < -0.4 is 10.1 Å². The first-order valence-corrected chi connectivity index (χ1v) is 9.23. The molecule has 3 heterocycles. The first-order chi connectivity index (χ1) is 14.0. The fourth-order valence-electron chi connectivity index (χ4n) is 3.41. The molecule has 10 heteroatoms. The Morgan fingerprint density at radius 1 is 1.17 bits per heavy atom. The molecule has 0 saturated carbocycles. The van der Waals surface area contributed by atoms with Crippen LogP contribution in [0.15, 0.2) is 36.8 Å². The standard InChI is InChI=1S/C19H20N6O4/c1-12(26)23-13-2-4-15(5-3-13)29-18-16-10-22-25(17(16)20-11-21-18)14-6-8-24(9-7-14)19(27)28/h2-5,10-11,14H,6-9H2,1H3,(H,23,26)(H,27,28). The molecule has 2 aromatic heterocycles. The number of likely N-dealkylation sites (tertiary alicyclic amines) is 1. The molecule has 1 aliphatic rings. The third-order valence-electron chi connectivity index (χ3n) is 4.82. The zero-order chi connectivity index (χ0) is 20.4. The molecule has 0 unspecified atom stereocenters. The number of anilines is 1. The minimum absolute atomic E-state index is 0.0720. The number of carboxylic acid groups (broad SMARTS) is 1. The van der Waals surface area contributed by atoms with Gasteiger partial charge in [0.1, 0.15) is 17.5 Å². The van der Waals surface area contributed by atoms with Gasteiger partial charge >= 0.3 is 6.09 Å². The Morgan fingerprint density at radius 3 is 2.55 bits per heavy atom. The van der Waals surface area contributed by atoms with Gasteiger partial charge in [-0.15, -0.1) is 0 Å². The van der Waals surface area contributed by atoms with Crippen molar-refractivity contribution in [3.63, 3.8) is 0 Å². The second-order valence-electron chi connectivity index (χ2n) is 6.81. The van der Waals surface area contributed by atoms with Crippen LogP contribution in [0.1, 0.15) is 25.8 Å². The fourth-order valence-corrected chi connectivity index (χ4v) is 3.41. The monoisotopic (exact) mass is 396 g/mol. The van der Waals surface area contributed by atoms with E-state index < -0.39 is 6.09 Å². The number of amides is 2. The van der Waals surface area contributed by atoms with E-state index in [1.54, 1.807) is 30.5 Å². The molecule has 1 aromatic carbocycles. The molecule has 1 saturated heterocycles. The number of hydrogen-bond donors (Lipinski definition) is 2. The molecule has 0 radical (unpaired) electrons. The molecular weight excluding hydrogens is 376 g/mol. The van der Waals surface area contributed by atoms with Gasteiger partial charge in [0.05, 0.1) is 12.2 Å². The molecule has 29 heavy (non-hydrogen) atoms. The van der Waals surface area contributed by atoms with E-state index in [1.165, 1.54) is 18.2 Å². The van der Waals surface area contributed by atoms with E-state index in [-0.39, 0.29) is 11.9 Å². The van der Waals surface area contributed by atoms with E-state index in [4.69, 9.17) is 9.84 Å². The van der Waals surface area contributed by atoms with Crippen molar-refractivity contribution in [2.75, 3.05) is 18.4 Å². The maximum Gasteiger partial charge on any atom is 0.407 e. The summed E-state index contributed by atoms with van der Waals surface area (Å²) in [6, 6.07) is 7.04. The van der Waals surface area contributed by atoms with Gasteiger partial charge in [0, 0.05) is 25.7 Å². The molecule has 150 valence electrons. The lowest BCUT2D eigenvalue weighted by Crippen LogP contribution is -2.38. The Bertz CT molecular complexity index is 1040. The summed E-state index contributed by atoms with van der Waals surface area (Å²) < 4.78 is 7.72. The summed E-state index contributed by atoms with van der Waals surface area (Å²) in [5, 5.41) is 16.9. The number of hydrogen-bond acceptors (Lipinski definition) is 6. The number of aromatic nitrogens is 4. The summed E-state index contributed by atoms with van der Waals surface area (Å²) >= 11 is 0. The third kappa shape index (κ3) is 3.96. The highest BCUT2D eigenvalue weighted by atomic mass is 16.5. The van der Waals surface area contributed by atoms with E-state index in [0.717, 1.165) is 0 Å². The lowest BCUT2D eigenvalue weighted by Gasteiger charge is -2.30. The Morgan fingerprint density at radius 2 is 1.90 bits per heavy atom. The minimum atomic E-state index is -0.892. The summed E-state index contributed by atoms with van der Waals surface area (Å²) in [4.78, 5) is 32.2. The van der Waals surface area contributed by atoms with Crippen LogP contribution in [0.4, 0.5) is 10.5 Å². The Hall–Kier alpha value is -3.69. The number of carbonyl (C=O) groups excluding carboxylic acids is 1. The van der Waals surface area contributed by atoms with Gasteiger partial charge in [0.25, 0.3) is 0 Å². The van der Waals surface area contributed by atoms with Gasteiger partial charge in [0.2, 0.25) is 11.8 Å². The molecule has 0 aliphatic carbocycles. The normalized spacial score (nSPS) is 14.7. The maximum absolute atomic E-state index is 11.1. The number of fused-ring (bicyclic) bond motifs is 1. The largest absolute Gasteiger partial charge is 0.465 e. The van der Waals surface area contributed by atoms with Gasteiger partial charge in [0.15, 0.2) is 5.65 Å². The molecule has 0 bridgehead atoms. The number of rotatable bonds is 4. The predicted octanol–water partition coefficient (Wildman–Crippen LogP) is 2.89. The molecule has 3 aromatic rings. The van der Waals surface area contributed by atoms with Crippen LogP contribution in [0.5, 0.6) is 11.6 Å². The van der Waals surface area contributed by atoms with Crippen LogP contribution in [0, 0.1) is 0 Å². The van der Waals surface area contributed by atoms with Gasteiger partial charge in [-0.1, -0.05) is 0 Å². The Labute approximate surface area is 166 Å². The number of nitrogens with one attached hydrogen (secondary N) is 1. The van der Waals surface area contributed by atoms with Crippen molar-refractivity contribution in [2.45, 2.75) is 25.8 Å². The number of carbonyl (C=O) groups is 2. The average molecular weight is 396 g/mol. The van der Waals surface area contributed by atoms with E-state index in [0.29, 0.717) is 54.3 Å². The first kappa shape index (κ1) is 18.7. The molecule has 4 rings (SSSR count). The van der Waals surface area contributed by atoms with Crippen molar-refractivity contribution in [1.29, 1.82) is 0 Å². The highest BCUT2D eigenvalue weighted by Crippen LogP contribution is 2.30. The van der Waals surface area contributed by atoms with Gasteiger partial charge in [-0.2, -0.15) is 5.10 Å². The summed E-state index contributed by atoms with van der Waals surface area (Å²) in [7, 11) is 0. The highest BCUT2D eigenvalue weighted by Gasteiger charge is 2.26. The second kappa shape index (κ2) is 7.74. The van der Waals surface area contributed by atoms with Crippen molar-refractivity contribution in [3.05, 3.63) is 36.8 Å². The van der Waals surface area contributed by atoms with Gasteiger partial charge in [-0.3, -0.25) is 4.79 Å². The van der Waals surface area contributed by atoms with Crippen LogP contribution in [0.3, 0.4) is 0 Å². The number of ether oxygens (including phenoxy) is 1. The summed E-state index contributed by atoms with van der Waals surface area (Å²) in [6.45, 7) is 2.39. The first-order valence-electron chi connectivity index (χ1n) is 9.23. The van der Waals surface area contributed by atoms with Crippen LogP contribution >= 0.6 is 0 Å². The zero-order valence-corrected chi connectivity index (χ0v) is 15.8. The molecule has 2 amide bonds. The molecule has 1 fully saturated rings. The maximum atomic E-state index is 11.1. The number of piperidine rings is 1. The minimum Gasteiger partial charge on any atom is -0.465 e. The smallest absolute Gasteiger partial charge is 0.407 e. The second-order valence-corrected chi connectivity index (χ2v) is 6.81. The van der Waals surface area contributed by atoms with Gasteiger partial charge < -0.3 is 20.1 Å². The van der Waals surface area contributed by atoms with Crippen LogP contribution in [0.25, 0.3) is 11.0 Å². The molecule has 1 aliphatic heterocycles. The van der Waals surface area contributed by atoms with Gasteiger partial charge in [-0.25, -0.2) is 19.4 Å². The summed E-state index contributed by atoms with van der Waals surface area (Å²) in [5.41, 5.74) is 1.33. The van der Waals surface area contributed by atoms with Crippen molar-refractivity contribution in [3.8, 4) is 11.6 Å². The van der Waals surface area contributed by atoms with E-state index in [9.17, 15) is 9.59 Å². The number of nitrogens with zero attached hydrogens (tertiary/aromatic N) is 5. The molecular formula is C19H20N6O4. The van der Waals surface area contributed by atoms with E-state index in [1.807, 2.05) is 4.68 Å². The molecule has 0 atom stereocenters. The third-order valence-corrected chi connectivity index (χ3v) is 4.82. The van der Waals surface area contributed by atoms with Crippen LogP contribution in [0.2, 0.25) is 0 Å². The van der Waals surface area contributed by atoms with Crippen molar-refractivity contribution in [2.24, 2.45) is 0 Å². The SMILES string of the molecule is CC(=O)Nc1ccc(Oc2ncnc3c2cnn3C2CCN(C(=O)O)CC2)cc1. The fraction of sp³-hybridized carbons (Fsp3) is 0.316. The zero-order valence-electron chi connectivity index (χ0n) is 15.8. The van der Waals surface area contributed by atoms with Crippen molar-refractivity contribution in [1.82, 2.24) is 24.6 Å². The molecule has 0 spiro atoms. The van der Waals surface area contributed by atoms with Crippen LogP contribution in [-0.2, 0) is 4.79 Å². The lowest BCUT2D eigenvalue weighted by molar-refractivity contribution is -0.114. The Kier molecular flexibility index (Phi) is 4.98. The van der Waals surface area contributed by atoms with Crippen molar-refractivity contribution < 1.29 is 19.4 Å². The van der Waals surface area contributed by atoms with E-state index >= 15 is 0 Å². The van der Waals surface area contributed by atoms with Gasteiger partial charge in [-0.05, 0) is 37.1 Å². The summed E-state index contributed by atoms with van der Waals surface area (Å²) in [5.74, 6) is 0.816. The number of benzene rings is 1. The predicted molar refractivity (Wildman–Crippen MR) is 104 cm³/mol. The molecule has 10 nitrogen and oxygen atoms in total. The van der Waals surface area contributed by atoms with E-state index in [2.05, 4.69) is 20.4 Å². The molecule has 2 N–H and O–H groups in total. The quantitative estimate of drug-likeness (QED) is 0.695. The summed E-state index contributed by atoms with van der Waals surface area (Å²) in [6.07, 6.45) is 3.55. The topological polar surface area (TPSA) is 122 Å².